The predicted molar refractivity (Wildman–Crippen MR) is 169 cm³/mol. The molecule has 10 heteroatoms. The molecule has 40 heavy (non-hydrogen) atoms. The van der Waals surface area contributed by atoms with Crippen molar-refractivity contribution in [3.05, 3.63) is 70.1 Å². The van der Waals surface area contributed by atoms with E-state index in [0.29, 0.717) is 17.4 Å². The van der Waals surface area contributed by atoms with Crippen molar-refractivity contribution in [3.8, 4) is 22.0 Å². The number of imidazole rings is 1. The zero-order valence-electron chi connectivity index (χ0n) is 22.1. The Hall–Kier alpha value is -3.09. The van der Waals surface area contributed by atoms with E-state index in [4.69, 9.17) is 4.98 Å². The van der Waals surface area contributed by atoms with Crippen molar-refractivity contribution in [1.82, 2.24) is 24.6 Å². The van der Waals surface area contributed by atoms with Gasteiger partial charge in [0.25, 0.3) is 0 Å². The van der Waals surface area contributed by atoms with Crippen molar-refractivity contribution in [2.75, 3.05) is 42.9 Å². The molecule has 0 bridgehead atoms. The Morgan fingerprint density at radius 1 is 1.00 bits per heavy atom. The van der Waals surface area contributed by atoms with Crippen LogP contribution >= 0.6 is 33.9 Å². The summed E-state index contributed by atoms with van der Waals surface area (Å²) < 4.78 is 18.4. The van der Waals surface area contributed by atoms with Gasteiger partial charge in [0.15, 0.2) is 0 Å². The van der Waals surface area contributed by atoms with Gasteiger partial charge in [-0.25, -0.2) is 9.37 Å². The van der Waals surface area contributed by atoms with E-state index in [1.165, 1.54) is 21.0 Å². The van der Waals surface area contributed by atoms with E-state index in [2.05, 4.69) is 95.8 Å². The molecular weight excluding hydrogens is 636 g/mol. The first-order valence-electron chi connectivity index (χ1n) is 13.7. The van der Waals surface area contributed by atoms with Crippen molar-refractivity contribution in [2.45, 2.75) is 25.8 Å². The molecule has 5 aromatic rings. The maximum atomic E-state index is 14.9. The van der Waals surface area contributed by atoms with Crippen LogP contribution in [-0.4, -0.2) is 57.4 Å². The lowest BCUT2D eigenvalue weighted by molar-refractivity contribution is 0.271. The van der Waals surface area contributed by atoms with Crippen LogP contribution in [0.15, 0.2) is 60.7 Å². The van der Waals surface area contributed by atoms with Crippen LogP contribution in [-0.2, 0) is 0 Å². The Bertz CT molecular complexity index is 1670. The highest BCUT2D eigenvalue weighted by molar-refractivity contribution is 14.1. The van der Waals surface area contributed by atoms with Crippen LogP contribution in [0, 0.1) is 9.39 Å². The number of halogens is 2. The Morgan fingerprint density at radius 3 is 2.50 bits per heavy atom. The average molecular weight is 666 g/mol. The number of piperazine rings is 1. The molecule has 1 saturated heterocycles. The summed E-state index contributed by atoms with van der Waals surface area (Å²) in [5.74, 6) is 0.456. The van der Waals surface area contributed by atoms with Gasteiger partial charge in [-0.1, -0.05) is 42.5 Å². The van der Waals surface area contributed by atoms with E-state index >= 15 is 0 Å². The molecule has 1 N–H and O–H groups in total. The van der Waals surface area contributed by atoms with Crippen LogP contribution in [0.2, 0.25) is 0 Å². The van der Waals surface area contributed by atoms with Crippen molar-refractivity contribution >= 4 is 61.5 Å². The number of hydrogen-bond acceptors (Lipinski definition) is 7. The topological polar surface area (TPSA) is 62.1 Å². The molecule has 0 amide bonds. The van der Waals surface area contributed by atoms with Gasteiger partial charge in [-0.3, -0.25) is 0 Å². The lowest BCUT2D eigenvalue weighted by Gasteiger charge is -2.36. The minimum Gasteiger partial charge on any atom is -0.367 e. The summed E-state index contributed by atoms with van der Waals surface area (Å²) in [5, 5.41) is 14.1. The van der Waals surface area contributed by atoms with E-state index in [1.54, 1.807) is 6.07 Å². The molecule has 3 aromatic carbocycles. The largest absolute Gasteiger partial charge is 0.367 e. The number of anilines is 3. The minimum absolute atomic E-state index is 0.244. The minimum atomic E-state index is -0.244. The highest BCUT2D eigenvalue weighted by Crippen LogP contribution is 2.44. The van der Waals surface area contributed by atoms with Crippen molar-refractivity contribution in [2.24, 2.45) is 0 Å². The monoisotopic (exact) mass is 665 g/mol. The molecule has 3 heterocycles. The smallest absolute Gasteiger partial charge is 0.210 e. The summed E-state index contributed by atoms with van der Waals surface area (Å²) in [5.41, 5.74) is 5.57. The molecule has 0 radical (unpaired) electrons. The van der Waals surface area contributed by atoms with Crippen LogP contribution < -0.4 is 10.2 Å². The molecule has 7 nitrogen and oxygen atoms in total. The summed E-state index contributed by atoms with van der Waals surface area (Å²) in [6.45, 7) is 7.20. The van der Waals surface area contributed by atoms with Crippen LogP contribution in [0.4, 0.5) is 20.9 Å². The molecule has 7 rings (SSSR count). The molecule has 0 spiro atoms. The normalized spacial score (nSPS) is 16.1. The van der Waals surface area contributed by atoms with Crippen molar-refractivity contribution in [1.29, 1.82) is 0 Å². The molecule has 204 valence electrons. The van der Waals surface area contributed by atoms with Crippen LogP contribution in [0.25, 0.3) is 33.0 Å². The number of fused-ring (bicyclic) bond motifs is 1. The number of nitrogens with zero attached hydrogens (tertiary/aromatic N) is 6. The first kappa shape index (κ1) is 25.8. The standard InChI is InChI=1S/C30H29FIN7S/c1-2-37-13-15-38(16-14-37)26-18-27-25(33-28(39(27)21-11-12-21)22-5-3-4-6-23(22)31)17-24(26)34-30-36-35-29(40-30)19-7-9-20(32)10-8-19/h3-10,17-18,21H,2,11-16H2,1H3,(H,34,36). The second-order valence-corrected chi connectivity index (χ2v) is 12.6. The Balaban J connectivity index is 1.32. The number of rotatable bonds is 7. The SMILES string of the molecule is CCN1CCN(c2cc3c(cc2Nc2nnc(-c4ccc(I)cc4)s2)nc(-c2ccccc2F)n3C2CC2)CC1. The third-order valence-electron chi connectivity index (χ3n) is 7.75. The highest BCUT2D eigenvalue weighted by Gasteiger charge is 2.31. The van der Waals surface area contributed by atoms with E-state index in [0.717, 1.165) is 83.7 Å². The summed E-state index contributed by atoms with van der Waals surface area (Å²) in [6, 6.07) is 19.9. The Kier molecular flexibility index (Phi) is 6.92. The van der Waals surface area contributed by atoms with Gasteiger partial charge in [0.1, 0.15) is 16.6 Å². The summed E-state index contributed by atoms with van der Waals surface area (Å²) >= 11 is 3.84. The third-order valence-corrected chi connectivity index (χ3v) is 9.36. The van der Waals surface area contributed by atoms with E-state index in [1.807, 2.05) is 12.1 Å². The number of aromatic nitrogens is 4. The van der Waals surface area contributed by atoms with E-state index < -0.39 is 0 Å². The zero-order chi connectivity index (χ0) is 27.2. The van der Waals surface area contributed by atoms with Crippen LogP contribution in [0.5, 0.6) is 0 Å². The second kappa shape index (κ2) is 10.7. The fourth-order valence-electron chi connectivity index (χ4n) is 5.43. The fraction of sp³-hybridized carbons (Fsp3) is 0.300. The van der Waals surface area contributed by atoms with Gasteiger partial charge in [-0.15, -0.1) is 10.2 Å². The Morgan fingerprint density at radius 2 is 1.77 bits per heavy atom. The van der Waals surface area contributed by atoms with Gasteiger partial charge in [0.05, 0.1) is 28.0 Å². The average Bonchev–Trinajstić information content (AvgIpc) is 3.59. The Labute approximate surface area is 250 Å². The van der Waals surface area contributed by atoms with Gasteiger partial charge in [-0.2, -0.15) is 0 Å². The van der Waals surface area contributed by atoms with Crippen LogP contribution in [0.3, 0.4) is 0 Å². The zero-order valence-corrected chi connectivity index (χ0v) is 25.1. The number of nitrogens with one attached hydrogen (secondary N) is 1. The molecule has 0 atom stereocenters. The number of hydrogen-bond donors (Lipinski definition) is 1. The lowest BCUT2D eigenvalue weighted by Crippen LogP contribution is -2.46. The highest BCUT2D eigenvalue weighted by atomic mass is 127. The summed E-state index contributed by atoms with van der Waals surface area (Å²) in [6.07, 6.45) is 2.17. The maximum Gasteiger partial charge on any atom is 0.210 e. The van der Waals surface area contributed by atoms with Gasteiger partial charge < -0.3 is 19.7 Å². The molecule has 1 aliphatic carbocycles. The number of likely N-dealkylation sites (N-methyl/N-ethyl adjacent to an activating group) is 1. The van der Waals surface area contributed by atoms with Crippen molar-refractivity contribution in [3.63, 3.8) is 0 Å². The molecule has 1 saturated carbocycles. The first-order chi connectivity index (χ1) is 19.6. The number of benzene rings is 3. The molecule has 2 aromatic heterocycles. The van der Waals surface area contributed by atoms with E-state index in [-0.39, 0.29) is 5.82 Å². The molecule has 2 fully saturated rings. The quantitative estimate of drug-likeness (QED) is 0.186. The molecule has 1 aliphatic heterocycles. The molecule has 2 aliphatic rings. The predicted octanol–water partition coefficient (Wildman–Crippen LogP) is 7.19. The second-order valence-electron chi connectivity index (χ2n) is 10.3. The molecule has 0 unspecified atom stereocenters. The lowest BCUT2D eigenvalue weighted by atomic mass is 10.2. The van der Waals surface area contributed by atoms with Gasteiger partial charge in [0.2, 0.25) is 5.13 Å². The molecular formula is C30H29FIN7S. The maximum absolute atomic E-state index is 14.9. The fourth-order valence-corrected chi connectivity index (χ4v) is 6.55. The van der Waals surface area contributed by atoms with Gasteiger partial charge >= 0.3 is 0 Å². The summed E-state index contributed by atoms with van der Waals surface area (Å²) in [4.78, 5) is 9.93. The van der Waals surface area contributed by atoms with Crippen molar-refractivity contribution < 1.29 is 4.39 Å². The van der Waals surface area contributed by atoms with Crippen LogP contribution in [0.1, 0.15) is 25.8 Å². The first-order valence-corrected chi connectivity index (χ1v) is 15.6. The third kappa shape index (κ3) is 4.97. The van der Waals surface area contributed by atoms with E-state index in [9.17, 15) is 4.39 Å². The van der Waals surface area contributed by atoms with Gasteiger partial charge in [0, 0.05) is 41.4 Å². The van der Waals surface area contributed by atoms with Gasteiger partial charge in [-0.05, 0) is 78.4 Å². The summed E-state index contributed by atoms with van der Waals surface area (Å²) in [7, 11) is 0.